The summed E-state index contributed by atoms with van der Waals surface area (Å²) in [6.45, 7) is 3.17. The smallest absolute Gasteiger partial charge is 0.191 e. The van der Waals surface area contributed by atoms with Crippen molar-refractivity contribution in [3.63, 3.8) is 0 Å². The molecule has 0 aliphatic heterocycles. The summed E-state index contributed by atoms with van der Waals surface area (Å²) in [5.41, 5.74) is 1.05. The number of ether oxygens (including phenoxy) is 4. The van der Waals surface area contributed by atoms with E-state index >= 15 is 0 Å². The Morgan fingerprint density at radius 1 is 0.893 bits per heavy atom. The number of nitrogens with zero attached hydrogens (tertiary/aromatic N) is 1. The third-order valence-electron chi connectivity index (χ3n) is 4.09. The van der Waals surface area contributed by atoms with Crippen LogP contribution in [0.5, 0.6) is 23.0 Å². The van der Waals surface area contributed by atoms with Gasteiger partial charge in [-0.1, -0.05) is 18.2 Å². The lowest BCUT2D eigenvalue weighted by Crippen LogP contribution is -2.41. The Morgan fingerprint density at radius 2 is 1.54 bits per heavy atom. The minimum Gasteiger partial charge on any atom is -0.493 e. The minimum atomic E-state index is -0.0732. The molecule has 2 rings (SSSR count). The van der Waals surface area contributed by atoms with Crippen molar-refractivity contribution in [3.05, 3.63) is 48.0 Å². The molecule has 0 heterocycles. The van der Waals surface area contributed by atoms with Gasteiger partial charge in [-0.05, 0) is 36.8 Å². The first-order valence-electron chi connectivity index (χ1n) is 9.06. The van der Waals surface area contributed by atoms with Gasteiger partial charge in [-0.25, -0.2) is 0 Å². The molecule has 2 N–H and O–H groups in total. The summed E-state index contributed by atoms with van der Waals surface area (Å²) in [6, 6.07) is 13.4. The first-order valence-corrected chi connectivity index (χ1v) is 9.06. The van der Waals surface area contributed by atoms with E-state index in [0.717, 1.165) is 5.56 Å². The molecule has 0 bridgehead atoms. The average molecular weight is 387 g/mol. The molecule has 0 aliphatic carbocycles. The molecule has 0 fully saturated rings. The average Bonchev–Trinajstić information content (AvgIpc) is 2.74. The third-order valence-corrected chi connectivity index (χ3v) is 4.09. The van der Waals surface area contributed by atoms with Crippen molar-refractivity contribution >= 4 is 5.96 Å². The second-order valence-electron chi connectivity index (χ2n) is 6.08. The first-order chi connectivity index (χ1) is 13.6. The van der Waals surface area contributed by atoms with Gasteiger partial charge in [0.2, 0.25) is 0 Å². The highest BCUT2D eigenvalue weighted by molar-refractivity contribution is 5.79. The van der Waals surface area contributed by atoms with Crippen molar-refractivity contribution in [1.82, 2.24) is 10.6 Å². The fourth-order valence-corrected chi connectivity index (χ4v) is 2.61. The molecule has 1 atom stereocenters. The molecule has 7 heteroatoms. The Morgan fingerprint density at radius 3 is 2.18 bits per heavy atom. The van der Waals surface area contributed by atoms with E-state index in [1.807, 2.05) is 49.4 Å². The molecule has 152 valence electrons. The first kappa shape index (κ1) is 21.2. The van der Waals surface area contributed by atoms with Gasteiger partial charge in [-0.3, -0.25) is 4.99 Å². The highest BCUT2D eigenvalue weighted by Gasteiger charge is 2.10. The summed E-state index contributed by atoms with van der Waals surface area (Å²) in [7, 11) is 6.61. The van der Waals surface area contributed by atoms with E-state index < -0.39 is 0 Å². The Labute approximate surface area is 166 Å². The quantitative estimate of drug-likeness (QED) is 0.509. The SMILES string of the molecule is CN=C(NCc1ccc(OC)c(OC)c1)NCC(C)Oc1ccccc1OC. The van der Waals surface area contributed by atoms with Crippen LogP contribution in [-0.2, 0) is 6.54 Å². The number of methoxy groups -OCH3 is 3. The van der Waals surface area contributed by atoms with Crippen molar-refractivity contribution in [1.29, 1.82) is 0 Å². The molecule has 7 nitrogen and oxygen atoms in total. The highest BCUT2D eigenvalue weighted by Crippen LogP contribution is 2.28. The van der Waals surface area contributed by atoms with Crippen LogP contribution in [0.1, 0.15) is 12.5 Å². The lowest BCUT2D eigenvalue weighted by Gasteiger charge is -2.19. The van der Waals surface area contributed by atoms with E-state index in [0.29, 0.717) is 42.0 Å². The largest absolute Gasteiger partial charge is 0.493 e. The summed E-state index contributed by atoms with van der Waals surface area (Å²) < 4.78 is 21.9. The Bertz CT molecular complexity index is 780. The van der Waals surface area contributed by atoms with Gasteiger partial charge < -0.3 is 29.6 Å². The van der Waals surface area contributed by atoms with Crippen LogP contribution in [0.15, 0.2) is 47.5 Å². The molecular formula is C21H29N3O4. The number of hydrogen-bond acceptors (Lipinski definition) is 5. The molecule has 0 spiro atoms. The number of nitrogens with one attached hydrogen (secondary N) is 2. The summed E-state index contributed by atoms with van der Waals surface area (Å²) in [5.74, 6) is 3.52. The van der Waals surface area contributed by atoms with Gasteiger partial charge in [0.25, 0.3) is 0 Å². The number of hydrogen-bond donors (Lipinski definition) is 2. The Kier molecular flexibility index (Phi) is 8.27. The molecule has 0 aliphatic rings. The van der Waals surface area contributed by atoms with Crippen LogP contribution in [0.2, 0.25) is 0 Å². The van der Waals surface area contributed by atoms with Crippen LogP contribution in [0.4, 0.5) is 0 Å². The van der Waals surface area contributed by atoms with E-state index in [-0.39, 0.29) is 6.10 Å². The van der Waals surface area contributed by atoms with Crippen LogP contribution in [0.25, 0.3) is 0 Å². The molecule has 0 radical (unpaired) electrons. The molecule has 2 aromatic carbocycles. The minimum absolute atomic E-state index is 0.0732. The van der Waals surface area contributed by atoms with E-state index in [4.69, 9.17) is 18.9 Å². The Balaban J connectivity index is 1.86. The second-order valence-corrected chi connectivity index (χ2v) is 6.08. The third kappa shape index (κ3) is 5.97. The molecule has 28 heavy (non-hydrogen) atoms. The molecule has 0 saturated heterocycles. The zero-order chi connectivity index (χ0) is 20.4. The zero-order valence-electron chi connectivity index (χ0n) is 17.1. The number of aliphatic imine (C=N–C) groups is 1. The lowest BCUT2D eigenvalue weighted by molar-refractivity contribution is 0.213. The Hall–Kier alpha value is -3.09. The van der Waals surface area contributed by atoms with Gasteiger partial charge in [0.05, 0.1) is 27.9 Å². The normalized spacial score (nSPS) is 12.1. The number of rotatable bonds is 9. The molecule has 1 unspecified atom stereocenters. The number of benzene rings is 2. The summed E-state index contributed by atoms with van der Waals surface area (Å²) in [4.78, 5) is 4.25. The highest BCUT2D eigenvalue weighted by atomic mass is 16.5. The van der Waals surface area contributed by atoms with Crippen LogP contribution in [-0.4, -0.2) is 47.0 Å². The van der Waals surface area contributed by atoms with Crippen LogP contribution < -0.4 is 29.6 Å². The summed E-state index contributed by atoms with van der Waals surface area (Å²) in [6.07, 6.45) is -0.0732. The fraction of sp³-hybridized carbons (Fsp3) is 0.381. The van der Waals surface area contributed by atoms with E-state index in [1.54, 1.807) is 28.4 Å². The van der Waals surface area contributed by atoms with Gasteiger partial charge in [0, 0.05) is 13.6 Å². The lowest BCUT2D eigenvalue weighted by atomic mass is 10.2. The van der Waals surface area contributed by atoms with Gasteiger partial charge >= 0.3 is 0 Å². The van der Waals surface area contributed by atoms with Crippen molar-refractivity contribution in [2.45, 2.75) is 19.6 Å². The van der Waals surface area contributed by atoms with Crippen molar-refractivity contribution in [3.8, 4) is 23.0 Å². The van der Waals surface area contributed by atoms with Crippen molar-refractivity contribution in [2.75, 3.05) is 34.9 Å². The monoisotopic (exact) mass is 387 g/mol. The topological polar surface area (TPSA) is 73.3 Å². The predicted molar refractivity (Wildman–Crippen MR) is 111 cm³/mol. The molecule has 0 amide bonds. The fourth-order valence-electron chi connectivity index (χ4n) is 2.61. The molecule has 0 aromatic heterocycles. The molecule has 2 aromatic rings. The van der Waals surface area contributed by atoms with E-state index in [1.165, 1.54) is 0 Å². The maximum atomic E-state index is 5.95. The van der Waals surface area contributed by atoms with Crippen molar-refractivity contribution in [2.24, 2.45) is 4.99 Å². The molecule has 0 saturated carbocycles. The maximum absolute atomic E-state index is 5.95. The van der Waals surface area contributed by atoms with E-state index in [9.17, 15) is 0 Å². The maximum Gasteiger partial charge on any atom is 0.191 e. The van der Waals surface area contributed by atoms with Crippen LogP contribution in [0, 0.1) is 0 Å². The molecular weight excluding hydrogens is 358 g/mol. The van der Waals surface area contributed by atoms with Crippen molar-refractivity contribution < 1.29 is 18.9 Å². The second kappa shape index (κ2) is 10.9. The van der Waals surface area contributed by atoms with E-state index in [2.05, 4.69) is 15.6 Å². The van der Waals surface area contributed by atoms with Gasteiger partial charge in [0.15, 0.2) is 29.0 Å². The number of guanidine groups is 1. The van der Waals surface area contributed by atoms with Crippen LogP contribution >= 0.6 is 0 Å². The van der Waals surface area contributed by atoms with Gasteiger partial charge in [0.1, 0.15) is 6.10 Å². The van der Waals surface area contributed by atoms with Gasteiger partial charge in [-0.2, -0.15) is 0 Å². The van der Waals surface area contributed by atoms with Crippen LogP contribution in [0.3, 0.4) is 0 Å². The number of para-hydroxylation sites is 2. The summed E-state index contributed by atoms with van der Waals surface area (Å²) in [5, 5.41) is 6.54. The zero-order valence-corrected chi connectivity index (χ0v) is 17.1. The summed E-state index contributed by atoms with van der Waals surface area (Å²) >= 11 is 0. The standard InChI is InChI=1S/C21H29N3O4/c1-15(28-19-9-7-6-8-17(19)25-3)13-23-21(22-2)24-14-16-10-11-18(26-4)20(12-16)27-5/h6-12,15H,13-14H2,1-5H3,(H2,22,23,24). The van der Waals surface area contributed by atoms with Gasteiger partial charge in [-0.15, -0.1) is 0 Å². The predicted octanol–water partition coefficient (Wildman–Crippen LogP) is 2.84.